The minimum atomic E-state index is 1.14. The number of anilines is 2. The molecular weight excluding hydrogens is 591 g/mol. The fraction of sp³-hybridized carbons (Fsp3) is 0.0417. The topological polar surface area (TPSA) is 3.24 Å². The standard InChI is InChI=1S/C48H35N/c1-4-31-30-43(37-27-26-32-16-9-10-19-34(32)28-37)41-24-15-25-42-46(41)44(31)38(5-2)45(33-17-7-6-8-18-33)48(42)49(3)47-39-22-13-11-20-35(39)29-36-21-12-14-23-40(36)47/h4-30H,1H2,2-3H3/b38-5+. The zero-order valence-electron chi connectivity index (χ0n) is 27.7. The molecule has 1 nitrogen and oxygen atoms in total. The second-order valence-corrected chi connectivity index (χ2v) is 12.9. The van der Waals surface area contributed by atoms with Crippen LogP contribution in [0.1, 0.15) is 12.5 Å². The fourth-order valence-electron chi connectivity index (χ4n) is 8.12. The first-order valence-electron chi connectivity index (χ1n) is 17.0. The first kappa shape index (κ1) is 29.0. The van der Waals surface area contributed by atoms with E-state index in [2.05, 4.69) is 183 Å². The van der Waals surface area contributed by atoms with Crippen molar-refractivity contribution < 1.29 is 0 Å². The van der Waals surface area contributed by atoms with Crippen LogP contribution in [0.2, 0.25) is 0 Å². The van der Waals surface area contributed by atoms with Gasteiger partial charge < -0.3 is 4.90 Å². The maximum absolute atomic E-state index is 4.37. The van der Waals surface area contributed by atoms with Gasteiger partial charge in [-0.1, -0.05) is 152 Å². The van der Waals surface area contributed by atoms with Crippen LogP contribution in [0.3, 0.4) is 0 Å². The van der Waals surface area contributed by atoms with Gasteiger partial charge in [0, 0.05) is 34.2 Å². The average Bonchev–Trinajstić information content (AvgIpc) is 3.16. The molecule has 0 fully saturated rings. The summed E-state index contributed by atoms with van der Waals surface area (Å²) in [5, 5.41) is 13.6. The van der Waals surface area contributed by atoms with Gasteiger partial charge in [-0.05, 0) is 84.9 Å². The molecule has 0 aliphatic heterocycles. The van der Waals surface area contributed by atoms with Crippen LogP contribution < -0.4 is 10.1 Å². The van der Waals surface area contributed by atoms with Crippen LogP contribution in [0.4, 0.5) is 11.4 Å². The largest absolute Gasteiger partial charge is 0.343 e. The minimum absolute atomic E-state index is 1.14. The Balaban J connectivity index is 1.47. The second kappa shape index (κ2) is 11.5. The molecule has 0 saturated carbocycles. The highest BCUT2D eigenvalue weighted by atomic mass is 15.1. The summed E-state index contributed by atoms with van der Waals surface area (Å²) in [4.78, 5) is 2.46. The predicted octanol–water partition coefficient (Wildman–Crippen LogP) is 12.7. The van der Waals surface area contributed by atoms with Crippen LogP contribution in [0, 0.1) is 0 Å². The average molecular weight is 626 g/mol. The van der Waals surface area contributed by atoms with Gasteiger partial charge in [-0.2, -0.15) is 0 Å². The minimum Gasteiger partial charge on any atom is -0.343 e. The van der Waals surface area contributed by atoms with Gasteiger partial charge in [-0.15, -0.1) is 0 Å². The lowest BCUT2D eigenvalue weighted by Gasteiger charge is -2.30. The highest BCUT2D eigenvalue weighted by Crippen LogP contribution is 2.47. The molecule has 0 bridgehead atoms. The van der Waals surface area contributed by atoms with Crippen molar-refractivity contribution in [2.24, 2.45) is 0 Å². The van der Waals surface area contributed by atoms with Gasteiger partial charge in [0.2, 0.25) is 0 Å². The van der Waals surface area contributed by atoms with Gasteiger partial charge in [0.15, 0.2) is 0 Å². The molecular formula is C48H35N. The molecule has 1 heteroatoms. The highest BCUT2D eigenvalue weighted by molar-refractivity contribution is 6.25. The third-order valence-electron chi connectivity index (χ3n) is 10.3. The SMILES string of the molecule is C=Cc1cc(-c2ccc3ccccc3c2)c2cccc3c(N(C)c4c5ccccc5cc5ccccc45)c(-c4ccccc4)/c(=C/C)c1c23. The Kier molecular flexibility index (Phi) is 6.81. The van der Waals surface area contributed by atoms with Gasteiger partial charge in [0.25, 0.3) is 0 Å². The summed E-state index contributed by atoms with van der Waals surface area (Å²) in [5.41, 5.74) is 8.40. The van der Waals surface area contributed by atoms with Crippen LogP contribution in [-0.2, 0) is 0 Å². The summed E-state index contributed by atoms with van der Waals surface area (Å²) in [6.45, 7) is 6.54. The number of nitrogens with zero attached hydrogens (tertiary/aromatic N) is 1. The summed E-state index contributed by atoms with van der Waals surface area (Å²) >= 11 is 0. The predicted molar refractivity (Wildman–Crippen MR) is 215 cm³/mol. The first-order chi connectivity index (χ1) is 24.2. The normalized spacial score (nSPS) is 12.1. The summed E-state index contributed by atoms with van der Waals surface area (Å²) in [5.74, 6) is 0. The monoisotopic (exact) mass is 625 g/mol. The first-order valence-corrected chi connectivity index (χ1v) is 17.0. The van der Waals surface area contributed by atoms with Crippen LogP contribution in [0.15, 0.2) is 158 Å². The summed E-state index contributed by atoms with van der Waals surface area (Å²) in [7, 11) is 2.26. The van der Waals surface area contributed by atoms with Crippen LogP contribution in [-0.4, -0.2) is 7.05 Å². The van der Waals surface area contributed by atoms with E-state index in [0.717, 1.165) is 5.56 Å². The third-order valence-corrected chi connectivity index (χ3v) is 10.3. The molecule has 0 heterocycles. The van der Waals surface area contributed by atoms with E-state index in [9.17, 15) is 0 Å². The molecule has 0 unspecified atom stereocenters. The number of fused-ring (bicyclic) bond motifs is 3. The van der Waals surface area contributed by atoms with Crippen LogP contribution in [0.25, 0.3) is 88.3 Å². The lowest BCUT2D eigenvalue weighted by molar-refractivity contribution is 1.24. The van der Waals surface area contributed by atoms with Crippen molar-refractivity contribution in [3.8, 4) is 22.3 Å². The van der Waals surface area contributed by atoms with E-state index in [1.165, 1.54) is 92.7 Å². The van der Waals surface area contributed by atoms with E-state index < -0.39 is 0 Å². The number of benzene rings is 9. The Bertz CT molecular complexity index is 2750. The maximum Gasteiger partial charge on any atom is 0.0574 e. The third kappa shape index (κ3) is 4.47. The van der Waals surface area contributed by atoms with E-state index in [4.69, 9.17) is 0 Å². The molecule has 9 aromatic carbocycles. The molecule has 0 amide bonds. The van der Waals surface area contributed by atoms with Crippen molar-refractivity contribution in [2.45, 2.75) is 6.92 Å². The smallest absolute Gasteiger partial charge is 0.0574 e. The Morgan fingerprint density at radius 1 is 0.490 bits per heavy atom. The van der Waals surface area contributed by atoms with E-state index in [1.54, 1.807) is 0 Å². The van der Waals surface area contributed by atoms with Crippen molar-refractivity contribution >= 4 is 77.4 Å². The van der Waals surface area contributed by atoms with Crippen molar-refractivity contribution in [3.63, 3.8) is 0 Å². The lowest BCUT2D eigenvalue weighted by atomic mass is 9.84. The molecule has 0 aliphatic carbocycles. The molecule has 0 aliphatic rings. The molecule has 9 rings (SSSR count). The second-order valence-electron chi connectivity index (χ2n) is 12.9. The quantitative estimate of drug-likeness (QED) is 0.172. The van der Waals surface area contributed by atoms with Gasteiger partial charge in [0.1, 0.15) is 0 Å². The molecule has 49 heavy (non-hydrogen) atoms. The van der Waals surface area contributed by atoms with Crippen molar-refractivity contribution in [1.29, 1.82) is 0 Å². The van der Waals surface area contributed by atoms with E-state index in [0.29, 0.717) is 0 Å². The lowest BCUT2D eigenvalue weighted by Crippen LogP contribution is -2.19. The Labute approximate surface area is 286 Å². The van der Waals surface area contributed by atoms with Gasteiger partial charge in [-0.25, -0.2) is 0 Å². The van der Waals surface area contributed by atoms with E-state index >= 15 is 0 Å². The molecule has 0 aromatic heterocycles. The van der Waals surface area contributed by atoms with Crippen LogP contribution in [0.5, 0.6) is 0 Å². The zero-order valence-corrected chi connectivity index (χ0v) is 27.7. The molecule has 9 aromatic rings. The molecule has 232 valence electrons. The van der Waals surface area contributed by atoms with E-state index in [-0.39, 0.29) is 0 Å². The maximum atomic E-state index is 4.37. The molecule has 0 N–H and O–H groups in total. The number of hydrogen-bond acceptors (Lipinski definition) is 1. The Hall–Kier alpha value is -6.18. The van der Waals surface area contributed by atoms with Gasteiger partial charge in [0.05, 0.1) is 11.4 Å². The summed E-state index contributed by atoms with van der Waals surface area (Å²) in [6.07, 6.45) is 4.33. The molecule has 0 atom stereocenters. The molecule has 0 spiro atoms. The van der Waals surface area contributed by atoms with Gasteiger partial charge >= 0.3 is 0 Å². The molecule has 0 radical (unpaired) electrons. The van der Waals surface area contributed by atoms with Crippen molar-refractivity contribution in [3.05, 3.63) is 169 Å². The van der Waals surface area contributed by atoms with E-state index in [1.807, 2.05) is 6.08 Å². The van der Waals surface area contributed by atoms with Gasteiger partial charge in [-0.3, -0.25) is 0 Å². The molecule has 0 saturated heterocycles. The van der Waals surface area contributed by atoms with Crippen molar-refractivity contribution in [2.75, 3.05) is 11.9 Å². The van der Waals surface area contributed by atoms with Crippen molar-refractivity contribution in [1.82, 2.24) is 0 Å². The summed E-state index contributed by atoms with van der Waals surface area (Å²) in [6, 6.07) is 55.4. The van der Waals surface area contributed by atoms with Crippen LogP contribution >= 0.6 is 0 Å². The Morgan fingerprint density at radius 2 is 1.10 bits per heavy atom. The zero-order chi connectivity index (χ0) is 33.1. The number of rotatable bonds is 5. The summed E-state index contributed by atoms with van der Waals surface area (Å²) < 4.78 is 0. The number of hydrogen-bond donors (Lipinski definition) is 0. The Morgan fingerprint density at radius 3 is 1.80 bits per heavy atom. The fourth-order valence-corrected chi connectivity index (χ4v) is 8.12. The highest BCUT2D eigenvalue weighted by Gasteiger charge is 2.24.